The van der Waals surface area contributed by atoms with Crippen molar-refractivity contribution in [2.75, 3.05) is 18.8 Å². The van der Waals surface area contributed by atoms with Crippen molar-refractivity contribution < 1.29 is 19.1 Å². The molecule has 0 atom stereocenters. The fourth-order valence-corrected chi connectivity index (χ4v) is 3.42. The van der Waals surface area contributed by atoms with Gasteiger partial charge in [0.05, 0.1) is 6.54 Å². The van der Waals surface area contributed by atoms with Crippen molar-refractivity contribution in [2.45, 2.75) is 32.1 Å². The maximum Gasteiger partial charge on any atom is 0.339 e. The Morgan fingerprint density at radius 2 is 2.24 bits per heavy atom. The van der Waals surface area contributed by atoms with Gasteiger partial charge in [0.15, 0.2) is 0 Å². The van der Waals surface area contributed by atoms with Crippen LogP contribution in [-0.4, -0.2) is 45.6 Å². The molecule has 0 radical (unpaired) electrons. The number of nitrogens with zero attached hydrogens (tertiary/aromatic N) is 1. The van der Waals surface area contributed by atoms with E-state index >= 15 is 0 Å². The molecular weight excluding hydrogens is 292 g/mol. The van der Waals surface area contributed by atoms with Crippen LogP contribution in [0.3, 0.4) is 0 Å². The van der Waals surface area contributed by atoms with Gasteiger partial charge in [-0.25, -0.2) is 9.59 Å². The van der Waals surface area contributed by atoms with Crippen LogP contribution < -0.4 is 5.32 Å². The number of hydrogen-bond acceptors (Lipinski definition) is 4. The van der Waals surface area contributed by atoms with Crippen LogP contribution >= 0.6 is 11.8 Å². The fraction of sp³-hybridized carbons (Fsp3) is 0.571. The molecule has 2 heterocycles. The van der Waals surface area contributed by atoms with Gasteiger partial charge in [-0.2, -0.15) is 11.8 Å². The van der Waals surface area contributed by atoms with Crippen LogP contribution in [0.25, 0.3) is 0 Å². The Morgan fingerprint density at radius 1 is 1.52 bits per heavy atom. The highest BCUT2D eigenvalue weighted by Gasteiger charge is 2.29. The number of furan rings is 1. The Morgan fingerprint density at radius 3 is 2.81 bits per heavy atom. The van der Waals surface area contributed by atoms with Crippen LogP contribution in [0.2, 0.25) is 0 Å². The predicted octanol–water partition coefficient (Wildman–Crippen LogP) is 2.32. The largest absolute Gasteiger partial charge is 0.478 e. The lowest BCUT2D eigenvalue weighted by Gasteiger charge is -2.37. The van der Waals surface area contributed by atoms with Gasteiger partial charge in [-0.3, -0.25) is 0 Å². The molecule has 1 aliphatic rings. The minimum absolute atomic E-state index is 0.0628. The minimum Gasteiger partial charge on any atom is -0.478 e. The number of carbonyl (C=O) groups is 2. The summed E-state index contributed by atoms with van der Waals surface area (Å²) in [4.78, 5) is 24.8. The van der Waals surface area contributed by atoms with Gasteiger partial charge in [0, 0.05) is 23.6 Å². The Bertz CT molecular complexity index is 553. The third-order valence-corrected chi connectivity index (χ3v) is 4.62. The second kappa shape index (κ2) is 6.01. The highest BCUT2D eigenvalue weighted by molar-refractivity contribution is 8.00. The van der Waals surface area contributed by atoms with Crippen molar-refractivity contribution in [2.24, 2.45) is 0 Å². The predicted molar refractivity (Wildman–Crippen MR) is 80.8 cm³/mol. The van der Waals surface area contributed by atoms with E-state index in [2.05, 4.69) is 19.2 Å². The quantitative estimate of drug-likeness (QED) is 0.895. The lowest BCUT2D eigenvalue weighted by molar-refractivity contribution is 0.0695. The van der Waals surface area contributed by atoms with Gasteiger partial charge in [-0.1, -0.05) is 0 Å². The van der Waals surface area contributed by atoms with E-state index in [1.54, 1.807) is 11.8 Å². The number of carboxylic acid groups (broad SMARTS) is 1. The van der Waals surface area contributed by atoms with Gasteiger partial charge in [0.1, 0.15) is 17.1 Å². The van der Waals surface area contributed by atoms with Gasteiger partial charge < -0.3 is 19.7 Å². The summed E-state index contributed by atoms with van der Waals surface area (Å²) in [6.07, 6.45) is 0. The zero-order chi connectivity index (χ0) is 15.6. The fourth-order valence-electron chi connectivity index (χ4n) is 2.31. The van der Waals surface area contributed by atoms with Crippen molar-refractivity contribution >= 4 is 23.8 Å². The lowest BCUT2D eigenvalue weighted by atomic mass is 10.2. The monoisotopic (exact) mass is 312 g/mol. The van der Waals surface area contributed by atoms with E-state index in [0.29, 0.717) is 18.1 Å². The topological polar surface area (TPSA) is 82.8 Å². The van der Waals surface area contributed by atoms with Crippen LogP contribution in [0.1, 0.15) is 35.7 Å². The lowest BCUT2D eigenvalue weighted by Crippen LogP contribution is -2.49. The van der Waals surface area contributed by atoms with Crippen LogP contribution in [0.15, 0.2) is 10.5 Å². The van der Waals surface area contributed by atoms with Crippen molar-refractivity contribution in [3.05, 3.63) is 23.2 Å². The Hall–Kier alpha value is -1.63. The van der Waals surface area contributed by atoms with E-state index in [-0.39, 0.29) is 22.9 Å². The number of aryl methyl sites for hydroxylation is 1. The van der Waals surface area contributed by atoms with E-state index in [1.165, 1.54) is 6.07 Å². The summed E-state index contributed by atoms with van der Waals surface area (Å²) >= 11 is 1.86. The average molecular weight is 312 g/mol. The van der Waals surface area contributed by atoms with E-state index in [0.717, 1.165) is 12.3 Å². The van der Waals surface area contributed by atoms with Gasteiger partial charge in [-0.05, 0) is 26.8 Å². The van der Waals surface area contributed by atoms with Crippen LogP contribution in [0, 0.1) is 6.92 Å². The molecule has 0 saturated carbocycles. The van der Waals surface area contributed by atoms with Crippen molar-refractivity contribution in [1.82, 2.24) is 10.2 Å². The summed E-state index contributed by atoms with van der Waals surface area (Å²) in [6.45, 7) is 7.44. The van der Waals surface area contributed by atoms with Crippen molar-refractivity contribution in [1.29, 1.82) is 0 Å². The molecule has 1 aromatic rings. The van der Waals surface area contributed by atoms with Gasteiger partial charge in [0.25, 0.3) is 0 Å². The molecule has 1 aliphatic heterocycles. The summed E-state index contributed by atoms with van der Waals surface area (Å²) in [7, 11) is 0. The molecule has 0 aliphatic carbocycles. The summed E-state index contributed by atoms with van der Waals surface area (Å²) in [5.41, 5.74) is 0.134. The summed E-state index contributed by atoms with van der Waals surface area (Å²) in [6, 6.07) is 1.31. The van der Waals surface area contributed by atoms with E-state index < -0.39 is 5.97 Å². The highest BCUT2D eigenvalue weighted by Crippen LogP contribution is 2.29. The molecule has 0 aromatic carbocycles. The second-order valence-corrected chi connectivity index (χ2v) is 7.48. The number of nitrogens with one attached hydrogen (secondary N) is 1. The molecule has 1 fully saturated rings. The van der Waals surface area contributed by atoms with Crippen LogP contribution in [0.5, 0.6) is 0 Å². The Balaban J connectivity index is 1.92. The average Bonchev–Trinajstić information content (AvgIpc) is 2.76. The molecule has 116 valence electrons. The molecule has 1 saturated heterocycles. The van der Waals surface area contributed by atoms with Crippen molar-refractivity contribution in [3.8, 4) is 0 Å². The number of carboxylic acids is 1. The summed E-state index contributed by atoms with van der Waals surface area (Å²) in [5, 5.41) is 11.7. The molecule has 0 unspecified atom stereocenters. The van der Waals surface area contributed by atoms with E-state index in [1.807, 2.05) is 11.8 Å². The van der Waals surface area contributed by atoms with Crippen LogP contribution in [0.4, 0.5) is 4.79 Å². The molecule has 2 rings (SSSR count). The minimum atomic E-state index is -1.02. The van der Waals surface area contributed by atoms with Crippen LogP contribution in [-0.2, 0) is 6.54 Å². The number of amides is 2. The molecule has 21 heavy (non-hydrogen) atoms. The molecule has 0 spiro atoms. The van der Waals surface area contributed by atoms with E-state index in [9.17, 15) is 9.59 Å². The maximum atomic E-state index is 12.1. The second-order valence-electron chi connectivity index (χ2n) is 5.68. The first kappa shape index (κ1) is 15.8. The number of rotatable bonds is 3. The number of aromatic carboxylic acids is 1. The first-order chi connectivity index (χ1) is 9.78. The molecular formula is C14H20N2O4S. The number of urea groups is 1. The number of thioether (sulfide) groups is 1. The SMILES string of the molecule is Cc1oc(CNC(=O)N2CCSC(C)(C)C2)cc1C(=O)O. The first-order valence-corrected chi connectivity index (χ1v) is 7.76. The summed E-state index contributed by atoms with van der Waals surface area (Å²) in [5.74, 6) is 0.693. The smallest absolute Gasteiger partial charge is 0.339 e. The Kier molecular flexibility index (Phi) is 4.51. The standard InChI is InChI=1S/C14H20N2O4S/c1-9-11(12(17)18)6-10(20-9)7-15-13(19)16-4-5-21-14(2,3)8-16/h6H,4-5,7-8H2,1-3H3,(H,15,19)(H,17,18). The zero-order valence-electron chi connectivity index (χ0n) is 12.4. The maximum absolute atomic E-state index is 12.1. The Labute approximate surface area is 127 Å². The third kappa shape index (κ3) is 3.93. The highest BCUT2D eigenvalue weighted by atomic mass is 32.2. The first-order valence-electron chi connectivity index (χ1n) is 6.78. The molecule has 2 N–H and O–H groups in total. The van der Waals surface area contributed by atoms with Gasteiger partial charge >= 0.3 is 12.0 Å². The van der Waals surface area contributed by atoms with Gasteiger partial charge in [-0.15, -0.1) is 0 Å². The third-order valence-electron chi connectivity index (χ3n) is 3.33. The molecule has 2 amide bonds. The molecule has 7 heteroatoms. The number of hydrogen-bond donors (Lipinski definition) is 2. The molecule has 0 bridgehead atoms. The normalized spacial score (nSPS) is 17.6. The number of carbonyl (C=O) groups excluding carboxylic acids is 1. The van der Waals surface area contributed by atoms with Gasteiger partial charge in [0.2, 0.25) is 0 Å². The molecule has 1 aromatic heterocycles. The van der Waals surface area contributed by atoms with E-state index in [4.69, 9.17) is 9.52 Å². The molecule has 6 nitrogen and oxygen atoms in total. The summed E-state index contributed by atoms with van der Waals surface area (Å²) < 4.78 is 5.40. The zero-order valence-corrected chi connectivity index (χ0v) is 13.2. The van der Waals surface area contributed by atoms with Crippen molar-refractivity contribution in [3.63, 3.8) is 0 Å².